The molecule has 2 amide bonds. The van der Waals surface area contributed by atoms with E-state index >= 15 is 0 Å². The highest BCUT2D eigenvalue weighted by Gasteiger charge is 2.35. The predicted octanol–water partition coefficient (Wildman–Crippen LogP) is 1.78. The third-order valence-electron chi connectivity index (χ3n) is 3.84. The zero-order valence-electron chi connectivity index (χ0n) is 13.1. The van der Waals surface area contributed by atoms with Gasteiger partial charge in [-0.05, 0) is 54.7 Å². The second-order valence-corrected chi connectivity index (χ2v) is 5.75. The van der Waals surface area contributed by atoms with E-state index in [0.29, 0.717) is 5.69 Å². The average Bonchev–Trinajstić information content (AvgIpc) is 3.04. The maximum atomic E-state index is 12.4. The van der Waals surface area contributed by atoms with E-state index < -0.39 is 11.8 Å². The van der Waals surface area contributed by atoms with Crippen LogP contribution in [0.1, 0.15) is 5.69 Å². The summed E-state index contributed by atoms with van der Waals surface area (Å²) in [5, 5.41) is 9.58. The number of phenols is 1. The van der Waals surface area contributed by atoms with Crippen molar-refractivity contribution < 1.29 is 14.7 Å². The summed E-state index contributed by atoms with van der Waals surface area (Å²) in [7, 11) is 3.08. The second kappa shape index (κ2) is 5.93. The molecule has 0 unspecified atom stereocenters. The van der Waals surface area contributed by atoms with Gasteiger partial charge in [-0.2, -0.15) is 0 Å². The quantitative estimate of drug-likeness (QED) is 0.514. The number of hydrogen-bond acceptors (Lipinski definition) is 4. The van der Waals surface area contributed by atoms with Crippen LogP contribution in [0.25, 0.3) is 11.8 Å². The smallest absolute Gasteiger partial charge is 0.265 e. The van der Waals surface area contributed by atoms with Crippen LogP contribution < -0.4 is 0 Å². The molecule has 0 atom stereocenters. The van der Waals surface area contributed by atoms with Gasteiger partial charge in [0.15, 0.2) is 5.11 Å². The Morgan fingerprint density at radius 1 is 1.00 bits per heavy atom. The lowest BCUT2D eigenvalue weighted by Crippen LogP contribution is -2.52. The molecule has 6 nitrogen and oxygen atoms in total. The molecule has 0 spiro atoms. The third kappa shape index (κ3) is 2.59. The lowest BCUT2D eigenvalue weighted by atomic mass is 10.1. The molecular formula is C17H15N3O3S. The first kappa shape index (κ1) is 15.9. The number of likely N-dealkylation sites (N-methyl/N-ethyl adjacent to an activating group) is 2. The van der Waals surface area contributed by atoms with Crippen molar-refractivity contribution in [2.45, 2.75) is 0 Å². The SMILES string of the molecule is CN1C(=O)C(=Cc2cccn2-c2ccc(O)cc2)C(=O)N(C)C1=S. The van der Waals surface area contributed by atoms with Gasteiger partial charge in [-0.25, -0.2) is 0 Å². The van der Waals surface area contributed by atoms with Gasteiger partial charge in [0.1, 0.15) is 11.3 Å². The number of hydrogen-bond donors (Lipinski definition) is 1. The largest absolute Gasteiger partial charge is 0.508 e. The topological polar surface area (TPSA) is 65.8 Å². The minimum Gasteiger partial charge on any atom is -0.508 e. The normalized spacial score (nSPS) is 15.2. The number of carbonyl (C=O) groups excluding carboxylic acids is 2. The zero-order valence-corrected chi connectivity index (χ0v) is 13.9. The number of rotatable bonds is 2. The van der Waals surface area contributed by atoms with Crippen molar-refractivity contribution in [3.8, 4) is 11.4 Å². The van der Waals surface area contributed by atoms with E-state index in [9.17, 15) is 14.7 Å². The molecular weight excluding hydrogens is 326 g/mol. The van der Waals surface area contributed by atoms with E-state index in [4.69, 9.17) is 12.2 Å². The Bertz CT molecular complexity index is 841. The van der Waals surface area contributed by atoms with Crippen LogP contribution in [0.15, 0.2) is 48.2 Å². The van der Waals surface area contributed by atoms with E-state index in [1.165, 1.54) is 9.80 Å². The predicted molar refractivity (Wildman–Crippen MR) is 93.5 cm³/mol. The van der Waals surface area contributed by atoms with Crippen LogP contribution >= 0.6 is 12.2 Å². The molecule has 1 aromatic heterocycles. The Kier molecular flexibility index (Phi) is 3.94. The van der Waals surface area contributed by atoms with E-state index in [1.54, 1.807) is 50.5 Å². The van der Waals surface area contributed by atoms with Crippen molar-refractivity contribution in [1.29, 1.82) is 0 Å². The molecule has 1 saturated heterocycles. The van der Waals surface area contributed by atoms with Crippen LogP contribution in [0.2, 0.25) is 0 Å². The number of aromatic nitrogens is 1. The van der Waals surface area contributed by atoms with Gasteiger partial charge < -0.3 is 9.67 Å². The molecule has 24 heavy (non-hydrogen) atoms. The maximum Gasteiger partial charge on any atom is 0.265 e. The molecule has 7 heteroatoms. The first-order valence-electron chi connectivity index (χ1n) is 7.18. The van der Waals surface area contributed by atoms with E-state index in [0.717, 1.165) is 5.69 Å². The van der Waals surface area contributed by atoms with Crippen LogP contribution in [0, 0.1) is 0 Å². The summed E-state index contributed by atoms with van der Waals surface area (Å²) in [6.07, 6.45) is 3.36. The lowest BCUT2D eigenvalue weighted by molar-refractivity contribution is -0.132. The molecule has 1 aromatic carbocycles. The van der Waals surface area contributed by atoms with E-state index in [-0.39, 0.29) is 16.4 Å². The molecule has 1 fully saturated rings. The van der Waals surface area contributed by atoms with Gasteiger partial charge in [0.05, 0.1) is 0 Å². The molecule has 0 aliphatic carbocycles. The van der Waals surface area contributed by atoms with E-state index in [1.807, 2.05) is 16.8 Å². The Labute approximate surface area is 144 Å². The first-order valence-corrected chi connectivity index (χ1v) is 7.59. The van der Waals surface area contributed by atoms with Crippen LogP contribution in [0.4, 0.5) is 0 Å². The monoisotopic (exact) mass is 341 g/mol. The van der Waals surface area contributed by atoms with Crippen LogP contribution in [0.5, 0.6) is 5.75 Å². The van der Waals surface area contributed by atoms with Crippen LogP contribution in [0.3, 0.4) is 0 Å². The molecule has 122 valence electrons. The summed E-state index contributed by atoms with van der Waals surface area (Å²) in [5.41, 5.74) is 1.52. The van der Waals surface area contributed by atoms with Crippen molar-refractivity contribution in [3.05, 3.63) is 53.9 Å². The van der Waals surface area contributed by atoms with Crippen molar-refractivity contribution in [3.63, 3.8) is 0 Å². The van der Waals surface area contributed by atoms with Crippen LogP contribution in [-0.2, 0) is 9.59 Å². The minimum absolute atomic E-state index is 0.0485. The number of carbonyl (C=O) groups is 2. The number of aromatic hydroxyl groups is 1. The fourth-order valence-electron chi connectivity index (χ4n) is 2.48. The summed E-state index contributed by atoms with van der Waals surface area (Å²) >= 11 is 5.07. The highest BCUT2D eigenvalue weighted by atomic mass is 32.1. The Balaban J connectivity index is 2.05. The summed E-state index contributed by atoms with van der Waals surface area (Å²) in [6.45, 7) is 0. The number of thiocarbonyl (C=S) groups is 1. The molecule has 1 aliphatic heterocycles. The summed E-state index contributed by atoms with van der Waals surface area (Å²) in [6, 6.07) is 10.2. The van der Waals surface area contributed by atoms with Crippen molar-refractivity contribution in [2.24, 2.45) is 0 Å². The Morgan fingerprint density at radius 2 is 1.58 bits per heavy atom. The van der Waals surface area contributed by atoms with Crippen molar-refractivity contribution >= 4 is 35.2 Å². The highest BCUT2D eigenvalue weighted by Crippen LogP contribution is 2.21. The molecule has 2 aromatic rings. The van der Waals surface area contributed by atoms with Crippen molar-refractivity contribution in [1.82, 2.24) is 14.4 Å². The summed E-state index contributed by atoms with van der Waals surface area (Å²) < 4.78 is 1.82. The molecule has 2 heterocycles. The molecule has 3 rings (SSSR count). The fraction of sp³-hybridized carbons (Fsp3) is 0.118. The second-order valence-electron chi connectivity index (χ2n) is 5.39. The van der Waals surface area contributed by atoms with Crippen molar-refractivity contribution in [2.75, 3.05) is 14.1 Å². The standard InChI is InChI=1S/C17H15N3O3S/c1-18-15(22)14(16(23)19(2)17(18)24)10-12-4-3-9-20(12)11-5-7-13(21)8-6-11/h3-10,21H,1-2H3. The molecule has 0 bridgehead atoms. The first-order chi connectivity index (χ1) is 11.4. The van der Waals surface area contributed by atoms with Gasteiger partial charge in [-0.3, -0.25) is 19.4 Å². The van der Waals surface area contributed by atoms with Crippen LogP contribution in [-0.4, -0.2) is 50.5 Å². The lowest BCUT2D eigenvalue weighted by Gasteiger charge is -2.31. The van der Waals surface area contributed by atoms with Gasteiger partial charge >= 0.3 is 0 Å². The summed E-state index contributed by atoms with van der Waals surface area (Å²) in [5.74, 6) is -0.691. The van der Waals surface area contributed by atoms with Gasteiger partial charge in [0.25, 0.3) is 11.8 Å². The minimum atomic E-state index is -0.429. The van der Waals surface area contributed by atoms with E-state index in [2.05, 4.69) is 0 Å². The fourth-order valence-corrected chi connectivity index (χ4v) is 2.65. The van der Waals surface area contributed by atoms with Gasteiger partial charge in [-0.1, -0.05) is 0 Å². The third-order valence-corrected chi connectivity index (χ3v) is 4.39. The molecule has 1 aliphatic rings. The number of benzene rings is 1. The number of amides is 2. The molecule has 0 radical (unpaired) electrons. The maximum absolute atomic E-state index is 12.4. The van der Waals surface area contributed by atoms with Gasteiger partial charge in [-0.15, -0.1) is 0 Å². The Hall–Kier alpha value is -2.93. The number of phenolic OH excluding ortho intramolecular Hbond substituents is 1. The Morgan fingerprint density at radius 3 is 2.17 bits per heavy atom. The summed E-state index contributed by atoms with van der Waals surface area (Å²) in [4.78, 5) is 27.3. The zero-order chi connectivity index (χ0) is 17.4. The average molecular weight is 341 g/mol. The molecule has 0 saturated carbocycles. The highest BCUT2D eigenvalue weighted by molar-refractivity contribution is 7.80. The van der Waals surface area contributed by atoms with Gasteiger partial charge in [0.2, 0.25) is 0 Å². The van der Waals surface area contributed by atoms with Gasteiger partial charge in [0, 0.05) is 31.7 Å². The number of nitrogens with zero attached hydrogens (tertiary/aromatic N) is 3. The molecule has 1 N–H and O–H groups in total.